The molecule has 0 spiro atoms. The fraction of sp³-hybridized carbons (Fsp3) is 0.360. The van der Waals surface area contributed by atoms with Gasteiger partial charge >= 0.3 is 5.97 Å². The van der Waals surface area contributed by atoms with E-state index >= 15 is 0 Å². The molecule has 0 aromatic heterocycles. The maximum Gasteiger partial charge on any atom is 0.333 e. The summed E-state index contributed by atoms with van der Waals surface area (Å²) in [5, 5.41) is 11.7. The molecule has 2 amide bonds. The van der Waals surface area contributed by atoms with Gasteiger partial charge in [0.2, 0.25) is 15.9 Å². The van der Waals surface area contributed by atoms with Crippen LogP contribution in [0.2, 0.25) is 0 Å². The number of fused-ring (bicyclic) bond motifs is 1. The summed E-state index contributed by atoms with van der Waals surface area (Å²) in [6.07, 6.45) is 0.781. The van der Waals surface area contributed by atoms with Gasteiger partial charge in [0.25, 0.3) is 5.91 Å². The summed E-state index contributed by atoms with van der Waals surface area (Å²) >= 11 is 0. The predicted octanol–water partition coefficient (Wildman–Crippen LogP) is 0.990. The maximum absolute atomic E-state index is 13.6. The van der Waals surface area contributed by atoms with E-state index in [0.717, 1.165) is 4.31 Å². The number of ether oxygens (including phenoxy) is 2. The molecule has 1 unspecified atom stereocenters. The largest absolute Gasteiger partial charge is 0.495 e. The Bertz CT molecular complexity index is 1380. The van der Waals surface area contributed by atoms with Crippen LogP contribution in [0.1, 0.15) is 39.5 Å². The number of amides is 2. The van der Waals surface area contributed by atoms with Crippen LogP contribution in [0.3, 0.4) is 0 Å². The summed E-state index contributed by atoms with van der Waals surface area (Å²) in [5.41, 5.74) is 1.60. The lowest BCUT2D eigenvalue weighted by Crippen LogP contribution is -2.44. The maximum atomic E-state index is 13.6. The van der Waals surface area contributed by atoms with E-state index in [0.29, 0.717) is 36.1 Å². The first-order valence-electron chi connectivity index (χ1n) is 11.6. The number of hydrogen-bond donors (Lipinski definition) is 1. The SMILES string of the molecule is COC(=O)C1c2cc(S(=O)(=O)N3CCCNC(=O)C3)c(OC)cc2CCN1C(=O)c1ccc(C#N)cc1. The second kappa shape index (κ2) is 10.6. The van der Waals surface area contributed by atoms with Gasteiger partial charge in [-0.25, -0.2) is 13.2 Å². The first-order valence-corrected chi connectivity index (χ1v) is 13.0. The molecule has 2 aromatic carbocycles. The minimum atomic E-state index is -4.19. The highest BCUT2D eigenvalue weighted by Gasteiger charge is 2.40. The predicted molar refractivity (Wildman–Crippen MR) is 130 cm³/mol. The van der Waals surface area contributed by atoms with Crippen molar-refractivity contribution in [2.75, 3.05) is 40.4 Å². The van der Waals surface area contributed by atoms with Crippen LogP contribution in [0.5, 0.6) is 5.75 Å². The molecule has 1 atom stereocenters. The first-order chi connectivity index (χ1) is 17.7. The third-order valence-corrected chi connectivity index (χ3v) is 8.31. The van der Waals surface area contributed by atoms with Crippen LogP contribution in [0.15, 0.2) is 41.3 Å². The summed E-state index contributed by atoms with van der Waals surface area (Å²) in [6.45, 7) is 0.327. The van der Waals surface area contributed by atoms with Crippen molar-refractivity contribution in [1.29, 1.82) is 5.26 Å². The molecule has 194 valence electrons. The van der Waals surface area contributed by atoms with Crippen LogP contribution in [-0.4, -0.2) is 75.8 Å². The van der Waals surface area contributed by atoms with Crippen LogP contribution in [-0.2, 0) is 30.8 Å². The van der Waals surface area contributed by atoms with Gasteiger partial charge in [0.15, 0.2) is 6.04 Å². The van der Waals surface area contributed by atoms with Crippen molar-refractivity contribution in [3.63, 3.8) is 0 Å². The molecule has 1 N–H and O–H groups in total. The van der Waals surface area contributed by atoms with E-state index in [-0.39, 0.29) is 35.8 Å². The van der Waals surface area contributed by atoms with Crippen molar-refractivity contribution in [3.8, 4) is 11.8 Å². The molecule has 2 aliphatic heterocycles. The average Bonchev–Trinajstić information content (AvgIpc) is 3.15. The number of rotatable bonds is 5. The lowest BCUT2D eigenvalue weighted by atomic mass is 9.91. The van der Waals surface area contributed by atoms with E-state index < -0.39 is 33.8 Å². The van der Waals surface area contributed by atoms with Gasteiger partial charge < -0.3 is 19.7 Å². The highest BCUT2D eigenvalue weighted by Crippen LogP contribution is 2.38. The van der Waals surface area contributed by atoms with Crippen molar-refractivity contribution in [2.45, 2.75) is 23.8 Å². The Morgan fingerprint density at radius 1 is 1.14 bits per heavy atom. The summed E-state index contributed by atoms with van der Waals surface area (Å²) in [6, 6.07) is 9.69. The van der Waals surface area contributed by atoms with Crippen molar-refractivity contribution in [1.82, 2.24) is 14.5 Å². The van der Waals surface area contributed by atoms with Gasteiger partial charge in [-0.3, -0.25) is 9.59 Å². The number of sulfonamides is 1. The Morgan fingerprint density at radius 3 is 2.51 bits per heavy atom. The number of nitrogens with zero attached hydrogens (tertiary/aromatic N) is 3. The number of carbonyl (C=O) groups is 3. The van der Waals surface area contributed by atoms with Crippen LogP contribution in [0, 0.1) is 11.3 Å². The molecule has 1 fully saturated rings. The minimum Gasteiger partial charge on any atom is -0.495 e. The molecular formula is C25H26N4O7S. The van der Waals surface area contributed by atoms with Crippen molar-refractivity contribution in [3.05, 3.63) is 58.7 Å². The molecule has 11 nitrogen and oxygen atoms in total. The average molecular weight is 527 g/mol. The summed E-state index contributed by atoms with van der Waals surface area (Å²) in [7, 11) is -1.65. The van der Waals surface area contributed by atoms with Gasteiger partial charge in [-0.15, -0.1) is 0 Å². The Kier molecular flexibility index (Phi) is 7.47. The van der Waals surface area contributed by atoms with Gasteiger partial charge in [-0.2, -0.15) is 9.57 Å². The van der Waals surface area contributed by atoms with E-state index in [1.54, 1.807) is 6.07 Å². The van der Waals surface area contributed by atoms with E-state index in [4.69, 9.17) is 14.7 Å². The van der Waals surface area contributed by atoms with Crippen molar-refractivity contribution >= 4 is 27.8 Å². The molecule has 1 saturated heterocycles. The van der Waals surface area contributed by atoms with Crippen molar-refractivity contribution in [2.24, 2.45) is 0 Å². The van der Waals surface area contributed by atoms with Crippen LogP contribution < -0.4 is 10.1 Å². The highest BCUT2D eigenvalue weighted by atomic mass is 32.2. The third-order valence-electron chi connectivity index (χ3n) is 6.44. The van der Waals surface area contributed by atoms with E-state index in [9.17, 15) is 22.8 Å². The monoisotopic (exact) mass is 526 g/mol. The lowest BCUT2D eigenvalue weighted by Gasteiger charge is -2.36. The third kappa shape index (κ3) is 5.00. The van der Waals surface area contributed by atoms with Crippen molar-refractivity contribution < 1.29 is 32.3 Å². The summed E-state index contributed by atoms with van der Waals surface area (Å²) in [5.74, 6) is -1.52. The van der Waals surface area contributed by atoms with E-state index in [2.05, 4.69) is 5.32 Å². The molecular weight excluding hydrogens is 500 g/mol. The lowest BCUT2D eigenvalue weighted by molar-refractivity contribution is -0.146. The smallest absolute Gasteiger partial charge is 0.333 e. The zero-order valence-corrected chi connectivity index (χ0v) is 21.2. The van der Waals surface area contributed by atoms with Gasteiger partial charge in [0.1, 0.15) is 10.6 Å². The fourth-order valence-electron chi connectivity index (χ4n) is 4.55. The summed E-state index contributed by atoms with van der Waals surface area (Å²) in [4.78, 5) is 39.6. The number of carbonyl (C=O) groups excluding carboxylic acids is 3. The number of benzene rings is 2. The fourth-order valence-corrected chi connectivity index (χ4v) is 6.16. The standard InChI is InChI=1S/C25H26N4O7S/c1-35-20-12-18-8-11-29(24(31)17-6-4-16(14-26)5-7-17)23(25(32)36-2)19(18)13-21(20)37(33,34)28-10-3-9-27-22(30)15-28/h4-7,12-13,23H,3,8-11,15H2,1-2H3,(H,27,30). The molecule has 2 aromatic rings. The summed E-state index contributed by atoms with van der Waals surface area (Å²) < 4.78 is 38.8. The van der Waals surface area contributed by atoms with Crippen LogP contribution >= 0.6 is 0 Å². The molecule has 0 saturated carbocycles. The molecule has 4 rings (SSSR count). The Hall–Kier alpha value is -3.95. The van der Waals surface area contributed by atoms with Gasteiger partial charge in [-0.05, 0) is 60.4 Å². The molecule has 0 aliphatic carbocycles. The van der Waals surface area contributed by atoms with Crippen LogP contribution in [0.4, 0.5) is 0 Å². The van der Waals surface area contributed by atoms with E-state index in [1.165, 1.54) is 49.5 Å². The quantitative estimate of drug-likeness (QED) is 0.568. The highest BCUT2D eigenvalue weighted by molar-refractivity contribution is 7.89. The second-order valence-electron chi connectivity index (χ2n) is 8.61. The number of methoxy groups -OCH3 is 2. The minimum absolute atomic E-state index is 0.0823. The molecule has 37 heavy (non-hydrogen) atoms. The molecule has 2 aliphatic rings. The van der Waals surface area contributed by atoms with Crippen LogP contribution in [0.25, 0.3) is 0 Å². The molecule has 0 bridgehead atoms. The zero-order valence-electron chi connectivity index (χ0n) is 20.4. The van der Waals surface area contributed by atoms with Gasteiger partial charge in [0, 0.05) is 25.2 Å². The Morgan fingerprint density at radius 2 is 1.86 bits per heavy atom. The topological polar surface area (TPSA) is 146 Å². The number of nitriles is 1. The molecule has 2 heterocycles. The molecule has 0 radical (unpaired) electrons. The van der Waals surface area contributed by atoms with E-state index in [1.807, 2.05) is 6.07 Å². The normalized spacial score (nSPS) is 18.1. The van der Waals surface area contributed by atoms with Gasteiger partial charge in [0.05, 0.1) is 32.4 Å². The van der Waals surface area contributed by atoms with Gasteiger partial charge in [-0.1, -0.05) is 0 Å². The Labute approximate surface area is 214 Å². The Balaban J connectivity index is 1.80. The first kappa shape index (κ1) is 26.1. The number of nitrogens with one attached hydrogen (secondary N) is 1. The zero-order chi connectivity index (χ0) is 26.7. The second-order valence-corrected chi connectivity index (χ2v) is 10.5. The molecule has 12 heteroatoms. The number of hydrogen-bond acceptors (Lipinski definition) is 8. The number of esters is 1.